The molecule has 2 saturated heterocycles. The highest BCUT2D eigenvalue weighted by atomic mass is 16.5. The summed E-state index contributed by atoms with van der Waals surface area (Å²) in [6.07, 6.45) is 11.6. The van der Waals surface area contributed by atoms with Crippen LogP contribution in [0.5, 0.6) is 0 Å². The van der Waals surface area contributed by atoms with Gasteiger partial charge in [0.2, 0.25) is 5.91 Å². The Morgan fingerprint density at radius 3 is 2.41 bits per heavy atom. The normalized spacial score (nSPS) is 29.9. The van der Waals surface area contributed by atoms with Crippen molar-refractivity contribution >= 4 is 11.7 Å². The summed E-state index contributed by atoms with van der Waals surface area (Å²) in [5.41, 5.74) is 0.505. The van der Waals surface area contributed by atoms with Crippen LogP contribution in [0.25, 0.3) is 0 Å². The highest BCUT2D eigenvalue weighted by Crippen LogP contribution is 2.38. The molecule has 2 aliphatic carbocycles. The third-order valence-electron chi connectivity index (χ3n) is 9.84. The Balaban J connectivity index is 1.23. The molecule has 0 bridgehead atoms. The first-order valence-electron chi connectivity index (χ1n) is 15.4. The summed E-state index contributed by atoms with van der Waals surface area (Å²) in [5.74, 6) is -0.0139. The summed E-state index contributed by atoms with van der Waals surface area (Å²) < 4.78 is 5.46. The molecule has 2 unspecified atom stereocenters. The highest BCUT2D eigenvalue weighted by molar-refractivity contribution is 6.02. The van der Waals surface area contributed by atoms with E-state index in [-0.39, 0.29) is 18.2 Å². The molecule has 212 valence electrons. The summed E-state index contributed by atoms with van der Waals surface area (Å²) in [6.45, 7) is 4.40. The molecule has 1 amide bonds. The predicted octanol–water partition coefficient (Wildman–Crippen LogP) is 4.28. The molecule has 4 fully saturated rings. The van der Waals surface area contributed by atoms with Crippen LogP contribution in [0.3, 0.4) is 0 Å². The first-order chi connectivity index (χ1) is 19.0. The lowest BCUT2D eigenvalue weighted by molar-refractivity contribution is -0.136. The molecule has 5 rings (SSSR count). The van der Waals surface area contributed by atoms with Crippen LogP contribution in [-0.4, -0.2) is 79.0 Å². The van der Waals surface area contributed by atoms with Gasteiger partial charge in [-0.2, -0.15) is 5.26 Å². The van der Waals surface area contributed by atoms with Gasteiger partial charge in [-0.25, -0.2) is 0 Å². The summed E-state index contributed by atoms with van der Waals surface area (Å²) in [4.78, 5) is 32.0. The minimum absolute atomic E-state index is 0.00481. The number of amides is 1. The number of nitriles is 1. The SMILES string of the molecule is N#CC1(NC(=O)C(CC2CCC(c3ccccc3)CC2)C(=O)CN2CCOCC2)CCN(C2CCCCC2)C1. The van der Waals surface area contributed by atoms with Crippen molar-refractivity contribution in [3.63, 3.8) is 0 Å². The van der Waals surface area contributed by atoms with Crippen molar-refractivity contribution in [2.24, 2.45) is 11.8 Å². The van der Waals surface area contributed by atoms with Crippen molar-refractivity contribution in [1.29, 1.82) is 5.26 Å². The van der Waals surface area contributed by atoms with E-state index in [4.69, 9.17) is 4.74 Å². The molecule has 1 aromatic rings. The number of ketones is 1. The molecule has 0 spiro atoms. The van der Waals surface area contributed by atoms with Gasteiger partial charge in [-0.15, -0.1) is 0 Å². The number of benzene rings is 1. The molecular weight excluding hydrogens is 488 g/mol. The predicted molar refractivity (Wildman–Crippen MR) is 151 cm³/mol. The van der Waals surface area contributed by atoms with E-state index in [1.54, 1.807) is 0 Å². The van der Waals surface area contributed by atoms with Crippen LogP contribution >= 0.6 is 0 Å². The van der Waals surface area contributed by atoms with E-state index in [2.05, 4.69) is 51.5 Å². The van der Waals surface area contributed by atoms with Gasteiger partial charge in [0.05, 0.1) is 31.7 Å². The van der Waals surface area contributed by atoms with Crippen LogP contribution in [-0.2, 0) is 14.3 Å². The van der Waals surface area contributed by atoms with E-state index in [0.29, 0.717) is 50.5 Å². The third-order valence-corrected chi connectivity index (χ3v) is 9.84. The second-order valence-corrected chi connectivity index (χ2v) is 12.5. The first-order valence-corrected chi connectivity index (χ1v) is 15.4. The van der Waals surface area contributed by atoms with E-state index in [0.717, 1.165) is 45.3 Å². The van der Waals surface area contributed by atoms with E-state index >= 15 is 0 Å². The maximum atomic E-state index is 13.8. The molecule has 2 aliphatic heterocycles. The van der Waals surface area contributed by atoms with Crippen molar-refractivity contribution in [2.45, 2.75) is 88.1 Å². The molecule has 1 aromatic carbocycles. The fourth-order valence-electron chi connectivity index (χ4n) is 7.41. The Labute approximate surface area is 234 Å². The van der Waals surface area contributed by atoms with Gasteiger partial charge in [0.25, 0.3) is 0 Å². The fraction of sp³-hybridized carbons (Fsp3) is 0.719. The average Bonchev–Trinajstić information content (AvgIpc) is 3.42. The molecule has 1 N–H and O–H groups in total. The number of hydrogen-bond donors (Lipinski definition) is 1. The molecule has 7 heteroatoms. The van der Waals surface area contributed by atoms with Crippen molar-refractivity contribution in [2.75, 3.05) is 45.9 Å². The van der Waals surface area contributed by atoms with E-state index in [1.807, 2.05) is 0 Å². The zero-order chi connectivity index (χ0) is 27.1. The number of carbonyl (C=O) groups excluding carboxylic acids is 2. The summed E-state index contributed by atoms with van der Waals surface area (Å²) in [5, 5.41) is 13.4. The van der Waals surface area contributed by atoms with Crippen molar-refractivity contribution in [1.82, 2.24) is 15.1 Å². The van der Waals surface area contributed by atoms with Gasteiger partial charge < -0.3 is 10.1 Å². The summed E-state index contributed by atoms with van der Waals surface area (Å²) in [7, 11) is 0. The van der Waals surface area contributed by atoms with Crippen LogP contribution in [0.4, 0.5) is 0 Å². The number of rotatable bonds is 9. The lowest BCUT2D eigenvalue weighted by Crippen LogP contribution is -2.54. The second-order valence-electron chi connectivity index (χ2n) is 12.5. The van der Waals surface area contributed by atoms with Crippen LogP contribution in [0.15, 0.2) is 30.3 Å². The molecule has 7 nitrogen and oxygen atoms in total. The molecule has 0 aromatic heterocycles. The minimum atomic E-state index is -0.892. The van der Waals surface area contributed by atoms with Crippen LogP contribution in [0, 0.1) is 23.2 Å². The van der Waals surface area contributed by atoms with Gasteiger partial charge in [0, 0.05) is 32.2 Å². The second kappa shape index (κ2) is 13.4. The Hall–Kier alpha value is -2.27. The Kier molecular flexibility index (Phi) is 9.71. The summed E-state index contributed by atoms with van der Waals surface area (Å²) >= 11 is 0. The average molecular weight is 535 g/mol. The maximum Gasteiger partial charge on any atom is 0.231 e. The molecule has 4 aliphatic rings. The number of carbonyl (C=O) groups is 2. The van der Waals surface area contributed by atoms with Crippen molar-refractivity contribution in [3.8, 4) is 6.07 Å². The van der Waals surface area contributed by atoms with Crippen LogP contribution < -0.4 is 5.32 Å². The minimum Gasteiger partial charge on any atom is -0.379 e. The largest absolute Gasteiger partial charge is 0.379 e. The molecule has 0 radical (unpaired) electrons. The third kappa shape index (κ3) is 7.28. The van der Waals surface area contributed by atoms with Crippen LogP contribution in [0.2, 0.25) is 0 Å². The Morgan fingerprint density at radius 2 is 1.72 bits per heavy atom. The van der Waals surface area contributed by atoms with E-state index < -0.39 is 11.5 Å². The van der Waals surface area contributed by atoms with Gasteiger partial charge in [-0.05, 0) is 68.8 Å². The zero-order valence-electron chi connectivity index (χ0n) is 23.5. The van der Waals surface area contributed by atoms with Gasteiger partial charge in [-0.1, -0.05) is 49.6 Å². The smallest absolute Gasteiger partial charge is 0.231 e. The summed E-state index contributed by atoms with van der Waals surface area (Å²) in [6, 6.07) is 13.7. The number of likely N-dealkylation sites (tertiary alicyclic amines) is 1. The lowest BCUT2D eigenvalue weighted by atomic mass is 9.75. The Morgan fingerprint density at radius 1 is 1.00 bits per heavy atom. The molecule has 2 atom stereocenters. The van der Waals surface area contributed by atoms with Gasteiger partial charge in [0.1, 0.15) is 5.54 Å². The number of ether oxygens (including phenoxy) is 1. The van der Waals surface area contributed by atoms with E-state index in [9.17, 15) is 14.9 Å². The molecule has 39 heavy (non-hydrogen) atoms. The fourth-order valence-corrected chi connectivity index (χ4v) is 7.41. The standard InChI is InChI=1S/C32H46N4O3/c33-23-32(15-16-36(24-32)28-9-5-2-6-10-28)34-31(38)29(30(37)22-35-17-19-39-20-18-35)21-25-11-13-27(14-12-25)26-7-3-1-4-8-26/h1,3-4,7-8,25,27-29H,2,5-6,9-22,24H2,(H,34,38). The van der Waals surface area contributed by atoms with Gasteiger partial charge in [-0.3, -0.25) is 19.4 Å². The number of nitrogens with zero attached hydrogens (tertiary/aromatic N) is 3. The highest BCUT2D eigenvalue weighted by Gasteiger charge is 2.44. The first kappa shape index (κ1) is 28.3. The molecular formula is C32H46N4O3. The quantitative estimate of drug-likeness (QED) is 0.476. The molecule has 2 saturated carbocycles. The zero-order valence-corrected chi connectivity index (χ0v) is 23.5. The van der Waals surface area contributed by atoms with E-state index in [1.165, 1.54) is 37.7 Å². The number of Topliss-reactive ketones (excluding diaryl/α,β-unsaturated/α-hetero) is 1. The van der Waals surface area contributed by atoms with Gasteiger partial charge >= 0.3 is 0 Å². The topological polar surface area (TPSA) is 85.7 Å². The Bertz CT molecular complexity index is 990. The lowest BCUT2D eigenvalue weighted by Gasteiger charge is -2.34. The number of morpholine rings is 1. The molecule has 2 heterocycles. The van der Waals surface area contributed by atoms with Crippen molar-refractivity contribution in [3.05, 3.63) is 35.9 Å². The monoisotopic (exact) mass is 534 g/mol. The number of hydrogen-bond acceptors (Lipinski definition) is 6. The van der Waals surface area contributed by atoms with Crippen molar-refractivity contribution < 1.29 is 14.3 Å². The van der Waals surface area contributed by atoms with Gasteiger partial charge in [0.15, 0.2) is 5.78 Å². The number of nitrogens with one attached hydrogen (secondary N) is 1. The maximum absolute atomic E-state index is 13.8. The van der Waals surface area contributed by atoms with Crippen LogP contribution in [0.1, 0.15) is 82.1 Å².